The predicted octanol–water partition coefficient (Wildman–Crippen LogP) is 1.27. The van der Waals surface area contributed by atoms with Gasteiger partial charge in [-0.05, 0) is 56.3 Å². The quantitative estimate of drug-likeness (QED) is 0.348. The molecule has 0 aliphatic heterocycles. The van der Waals surface area contributed by atoms with E-state index in [1.165, 1.54) is 24.7 Å². The van der Waals surface area contributed by atoms with E-state index in [1.54, 1.807) is 0 Å². The molecule has 2 N–H and O–H groups in total. The zero-order chi connectivity index (χ0) is 11.3. The molecule has 0 aromatic carbocycles. The Morgan fingerprint density at radius 3 is 1.76 bits per heavy atom. The fourth-order valence-corrected chi connectivity index (χ4v) is 4.68. The van der Waals surface area contributed by atoms with Gasteiger partial charge in [0.05, 0.1) is 0 Å². The van der Waals surface area contributed by atoms with Crippen LogP contribution < -0.4 is 5.48 Å². The second-order valence-corrected chi connectivity index (χ2v) is 5.97. The fourth-order valence-electron chi connectivity index (χ4n) is 4.68. The van der Waals surface area contributed by atoms with Gasteiger partial charge >= 0.3 is 23.0 Å². The first kappa shape index (κ1) is 13.1. The smallest absolute Gasteiger partial charge is 0.288 e. The third-order valence-electron chi connectivity index (χ3n) is 4.83. The van der Waals surface area contributed by atoms with Crippen LogP contribution in [0.15, 0.2) is 0 Å². The molecule has 4 fully saturated rings. The van der Waals surface area contributed by atoms with Crippen LogP contribution >= 0.6 is 0 Å². The zero-order valence-electron chi connectivity index (χ0n) is 9.54. The average Bonchev–Trinajstić information content (AvgIpc) is 2.25. The summed E-state index contributed by atoms with van der Waals surface area (Å²) < 4.78 is 0. The van der Waals surface area contributed by atoms with E-state index >= 15 is 0 Å². The number of carbonyl (C=O) groups is 2. The monoisotopic (exact) mass is 286 g/mol. The topological polar surface area (TPSA) is 66.4 Å². The third kappa shape index (κ3) is 1.94. The van der Waals surface area contributed by atoms with Crippen LogP contribution in [-0.2, 0) is 26.7 Å². The van der Waals surface area contributed by atoms with Gasteiger partial charge in [-0.25, -0.2) is 5.48 Å². The molecule has 1 amide bonds. The van der Waals surface area contributed by atoms with Crippen molar-refractivity contribution in [2.75, 3.05) is 0 Å². The minimum atomic E-state index is -0.818. The minimum absolute atomic E-state index is 0. The number of ketones is 1. The van der Waals surface area contributed by atoms with Gasteiger partial charge in [0.15, 0.2) is 0 Å². The van der Waals surface area contributed by atoms with Crippen molar-refractivity contribution in [1.29, 1.82) is 0 Å². The van der Waals surface area contributed by atoms with Crippen LogP contribution in [0, 0.1) is 23.2 Å². The summed E-state index contributed by atoms with van der Waals surface area (Å²) in [6.07, 6.45) is 6.33. The maximum absolute atomic E-state index is 12.1. The van der Waals surface area contributed by atoms with Crippen molar-refractivity contribution in [2.45, 2.75) is 38.5 Å². The number of hydrogen-bond acceptors (Lipinski definition) is 3. The van der Waals surface area contributed by atoms with Crippen molar-refractivity contribution < 1.29 is 31.9 Å². The summed E-state index contributed by atoms with van der Waals surface area (Å²) in [5.74, 6) is 0.723. The molecular weight excluding hydrogens is 270 g/mol. The normalized spacial score (nSPS) is 41.8. The van der Waals surface area contributed by atoms with Gasteiger partial charge < -0.3 is 0 Å². The Balaban J connectivity index is 0.00000108. The largest absolute Gasteiger partial charge is 2.00 e. The van der Waals surface area contributed by atoms with Crippen LogP contribution in [0.3, 0.4) is 0 Å². The zero-order valence-corrected chi connectivity index (χ0v) is 10.5. The van der Waals surface area contributed by atoms with Crippen LogP contribution in [0.5, 0.6) is 0 Å². The SMILES string of the molecule is O=C(NO)C(=O)C12CC3CC(CC(C3)C1)C2.[Cu+2]. The molecule has 4 rings (SSSR count). The molecule has 1 radical (unpaired) electrons. The maximum atomic E-state index is 12.1. The number of rotatable bonds is 2. The van der Waals surface area contributed by atoms with Crippen LogP contribution in [0.4, 0.5) is 0 Å². The molecule has 0 aromatic rings. The van der Waals surface area contributed by atoms with Crippen LogP contribution in [0.1, 0.15) is 38.5 Å². The van der Waals surface area contributed by atoms with E-state index in [0.29, 0.717) is 17.8 Å². The molecule has 0 spiro atoms. The van der Waals surface area contributed by atoms with E-state index in [-0.39, 0.29) is 22.9 Å². The molecule has 5 heteroatoms. The number of amides is 1. The third-order valence-corrected chi connectivity index (χ3v) is 4.83. The first-order valence-electron chi connectivity index (χ1n) is 6.12. The van der Waals surface area contributed by atoms with Crippen molar-refractivity contribution >= 4 is 11.7 Å². The van der Waals surface area contributed by atoms with Gasteiger partial charge in [0.25, 0.3) is 0 Å². The summed E-state index contributed by atoms with van der Waals surface area (Å²) in [7, 11) is 0. The van der Waals surface area contributed by atoms with Gasteiger partial charge in [0, 0.05) is 5.41 Å². The Kier molecular flexibility index (Phi) is 3.36. The molecule has 4 aliphatic rings. The number of carbonyl (C=O) groups excluding carboxylic acids is 2. The maximum Gasteiger partial charge on any atom is 2.00 e. The van der Waals surface area contributed by atoms with Gasteiger partial charge in [-0.1, -0.05) is 0 Å². The second kappa shape index (κ2) is 4.38. The van der Waals surface area contributed by atoms with Crippen molar-refractivity contribution in [3.8, 4) is 0 Å². The average molecular weight is 287 g/mol. The molecule has 97 valence electrons. The Labute approximate surface area is 111 Å². The van der Waals surface area contributed by atoms with Gasteiger partial charge in [0.1, 0.15) is 0 Å². The molecule has 0 saturated heterocycles. The fraction of sp³-hybridized carbons (Fsp3) is 0.833. The van der Waals surface area contributed by atoms with Gasteiger partial charge in [0.2, 0.25) is 5.78 Å². The van der Waals surface area contributed by atoms with Gasteiger partial charge in [-0.3, -0.25) is 14.8 Å². The summed E-state index contributed by atoms with van der Waals surface area (Å²) in [6.45, 7) is 0. The van der Waals surface area contributed by atoms with Crippen molar-refractivity contribution in [2.24, 2.45) is 23.2 Å². The summed E-state index contributed by atoms with van der Waals surface area (Å²) in [5.41, 5.74) is 1.07. The van der Waals surface area contributed by atoms with E-state index in [2.05, 4.69) is 0 Å². The molecule has 0 aromatic heterocycles. The standard InChI is InChI=1S/C12H17NO3.Cu/c14-10(11(15)13-16)12-4-7-1-8(5-12)3-9(2-7)6-12;/h7-9,16H,1-6H2,(H,13,15);/q;+2. The molecular formula is C12H17CuNO3+2. The molecule has 4 saturated carbocycles. The van der Waals surface area contributed by atoms with Gasteiger partial charge in [-0.15, -0.1) is 0 Å². The summed E-state index contributed by atoms with van der Waals surface area (Å²) in [6, 6.07) is 0. The Morgan fingerprint density at radius 2 is 1.41 bits per heavy atom. The molecule has 0 unspecified atom stereocenters. The molecule has 0 heterocycles. The van der Waals surface area contributed by atoms with Crippen molar-refractivity contribution in [3.63, 3.8) is 0 Å². The van der Waals surface area contributed by atoms with E-state index in [1.807, 2.05) is 0 Å². The molecule has 0 atom stereocenters. The molecule has 4 nitrogen and oxygen atoms in total. The summed E-state index contributed by atoms with van der Waals surface area (Å²) in [5, 5.41) is 8.59. The van der Waals surface area contributed by atoms with Gasteiger partial charge in [-0.2, -0.15) is 0 Å². The summed E-state index contributed by atoms with van der Waals surface area (Å²) >= 11 is 0. The van der Waals surface area contributed by atoms with E-state index in [9.17, 15) is 9.59 Å². The van der Waals surface area contributed by atoms with Crippen molar-refractivity contribution in [1.82, 2.24) is 5.48 Å². The number of nitrogens with one attached hydrogen (secondary N) is 1. The van der Waals surface area contributed by atoms with Crippen LogP contribution in [0.25, 0.3) is 0 Å². The number of hydrogen-bond donors (Lipinski definition) is 2. The van der Waals surface area contributed by atoms with Crippen molar-refractivity contribution in [3.05, 3.63) is 0 Å². The number of hydroxylamine groups is 1. The van der Waals surface area contributed by atoms with E-state index < -0.39 is 11.3 Å². The number of Topliss-reactive ketones (excluding diaryl/α,β-unsaturated/α-hetero) is 1. The first-order valence-corrected chi connectivity index (χ1v) is 6.12. The van der Waals surface area contributed by atoms with E-state index in [0.717, 1.165) is 19.3 Å². The predicted molar refractivity (Wildman–Crippen MR) is 55.5 cm³/mol. The Bertz CT molecular complexity index is 320. The summed E-state index contributed by atoms with van der Waals surface area (Å²) in [4.78, 5) is 23.4. The molecule has 4 bridgehead atoms. The minimum Gasteiger partial charge on any atom is -0.288 e. The van der Waals surface area contributed by atoms with E-state index in [4.69, 9.17) is 5.21 Å². The van der Waals surface area contributed by atoms with Crippen LogP contribution in [0.2, 0.25) is 0 Å². The second-order valence-electron chi connectivity index (χ2n) is 5.97. The molecule has 17 heavy (non-hydrogen) atoms. The Hall–Kier alpha value is -0.381. The Morgan fingerprint density at radius 1 is 1.00 bits per heavy atom. The molecule has 4 aliphatic carbocycles. The van der Waals surface area contributed by atoms with Crippen LogP contribution in [-0.4, -0.2) is 16.9 Å². The first-order chi connectivity index (χ1) is 7.63.